The minimum absolute atomic E-state index is 0.208. The quantitative estimate of drug-likeness (QED) is 0.793. The van der Waals surface area contributed by atoms with Crippen LogP contribution in [0.3, 0.4) is 0 Å². The van der Waals surface area contributed by atoms with Crippen LogP contribution >= 0.6 is 0 Å². The van der Waals surface area contributed by atoms with Gasteiger partial charge in [0.2, 0.25) is 0 Å². The summed E-state index contributed by atoms with van der Waals surface area (Å²) in [5.74, 6) is -0.933. The first-order chi connectivity index (χ1) is 6.77. The molecule has 0 aliphatic carbocycles. The lowest BCUT2D eigenvalue weighted by Crippen LogP contribution is -2.02. The van der Waals surface area contributed by atoms with Crippen molar-refractivity contribution >= 4 is 5.97 Å². The fraction of sp³-hybridized carbons (Fsp3) is 0.364. The Balaban J connectivity index is 0. The molecule has 1 N–H and O–H groups in total. The van der Waals surface area contributed by atoms with Crippen molar-refractivity contribution in [2.24, 2.45) is 0 Å². The Hall–Kier alpha value is -1.35. The maximum Gasteiger partial charge on any atom is 0.329 e. The van der Waals surface area contributed by atoms with Gasteiger partial charge in [0.25, 0.3) is 0 Å². The number of hydrogen-bond donors (Lipinski definition) is 1. The van der Waals surface area contributed by atoms with E-state index in [1.54, 1.807) is 0 Å². The summed E-state index contributed by atoms with van der Waals surface area (Å²) in [6.07, 6.45) is 0. The zero-order chi connectivity index (χ0) is 11.2. The molecule has 0 saturated heterocycles. The van der Waals surface area contributed by atoms with Crippen molar-refractivity contribution in [3.05, 3.63) is 36.4 Å². The summed E-state index contributed by atoms with van der Waals surface area (Å²) in [6, 6.07) is 12.0. The lowest BCUT2D eigenvalue weighted by molar-refractivity contribution is -0.141. The fourth-order valence-corrected chi connectivity index (χ4v) is 0.508. The lowest BCUT2D eigenvalue weighted by Gasteiger charge is -1.83. The highest BCUT2D eigenvalue weighted by molar-refractivity contribution is 5.67. The van der Waals surface area contributed by atoms with E-state index in [1.165, 1.54) is 7.11 Å². The number of hydrogen-bond acceptors (Lipinski definition) is 2. The Kier molecular flexibility index (Phi) is 15.3. The van der Waals surface area contributed by atoms with Crippen molar-refractivity contribution in [2.45, 2.75) is 13.8 Å². The van der Waals surface area contributed by atoms with Crippen LogP contribution in [0.25, 0.3) is 0 Å². The summed E-state index contributed by atoms with van der Waals surface area (Å²) in [5.41, 5.74) is 0. The highest BCUT2D eigenvalue weighted by atomic mass is 16.5. The van der Waals surface area contributed by atoms with E-state index in [0.717, 1.165) is 0 Å². The van der Waals surface area contributed by atoms with Crippen molar-refractivity contribution in [2.75, 3.05) is 13.7 Å². The molecule has 3 nitrogen and oxygen atoms in total. The van der Waals surface area contributed by atoms with Crippen molar-refractivity contribution in [3.8, 4) is 0 Å². The van der Waals surface area contributed by atoms with E-state index in [0.29, 0.717) is 0 Å². The maximum absolute atomic E-state index is 9.47. The van der Waals surface area contributed by atoms with E-state index >= 15 is 0 Å². The standard InChI is InChI=1S/C6H6.C3H6O3.C2H6/c1-2-4-6-5-3-1;1-6-2-3(4)5;1-2/h1-6H;2H2,1H3,(H,4,5);1-2H3. The molecule has 0 radical (unpaired) electrons. The van der Waals surface area contributed by atoms with E-state index in [1.807, 2.05) is 50.2 Å². The van der Waals surface area contributed by atoms with Crippen molar-refractivity contribution < 1.29 is 14.6 Å². The molecule has 80 valence electrons. The molecule has 3 heteroatoms. The van der Waals surface area contributed by atoms with Crippen molar-refractivity contribution in [1.29, 1.82) is 0 Å². The SMILES string of the molecule is CC.COCC(=O)O.c1ccccc1. The zero-order valence-corrected chi connectivity index (χ0v) is 8.93. The first-order valence-corrected chi connectivity index (χ1v) is 4.48. The van der Waals surface area contributed by atoms with Crippen LogP contribution in [0.15, 0.2) is 36.4 Å². The topological polar surface area (TPSA) is 46.5 Å². The molecule has 0 heterocycles. The Labute approximate surface area is 85.3 Å². The van der Waals surface area contributed by atoms with E-state index in [2.05, 4.69) is 4.74 Å². The molecule has 0 unspecified atom stereocenters. The van der Waals surface area contributed by atoms with Gasteiger partial charge in [0.1, 0.15) is 6.61 Å². The van der Waals surface area contributed by atoms with Gasteiger partial charge in [-0.05, 0) is 0 Å². The van der Waals surface area contributed by atoms with E-state index in [9.17, 15) is 4.79 Å². The molecule has 1 rings (SSSR count). The maximum atomic E-state index is 9.47. The van der Waals surface area contributed by atoms with Crippen LogP contribution in [-0.4, -0.2) is 24.8 Å². The van der Waals surface area contributed by atoms with Gasteiger partial charge in [-0.25, -0.2) is 4.79 Å². The van der Waals surface area contributed by atoms with Gasteiger partial charge in [0.05, 0.1) is 0 Å². The molecule has 0 saturated carbocycles. The number of carbonyl (C=O) groups is 1. The first-order valence-electron chi connectivity index (χ1n) is 4.48. The molecule has 0 aliphatic rings. The van der Waals surface area contributed by atoms with Crippen LogP contribution in [0.2, 0.25) is 0 Å². The fourth-order valence-electron chi connectivity index (χ4n) is 0.508. The molecular weight excluding hydrogens is 180 g/mol. The number of rotatable bonds is 2. The normalized spacial score (nSPS) is 7.36. The predicted molar refractivity (Wildman–Crippen MR) is 57.3 cm³/mol. The number of carboxylic acids is 1. The third-order valence-corrected chi connectivity index (χ3v) is 0.934. The number of carboxylic acid groups (broad SMARTS) is 1. The molecule has 0 aliphatic heterocycles. The molecule has 0 aromatic heterocycles. The van der Waals surface area contributed by atoms with Gasteiger partial charge >= 0.3 is 5.97 Å². The third-order valence-electron chi connectivity index (χ3n) is 0.934. The molecular formula is C11H18O3. The summed E-state index contributed by atoms with van der Waals surface area (Å²) in [5, 5.41) is 7.79. The second kappa shape index (κ2) is 14.2. The van der Waals surface area contributed by atoms with Gasteiger partial charge in [-0.3, -0.25) is 0 Å². The number of benzene rings is 1. The predicted octanol–water partition coefficient (Wildman–Crippen LogP) is 2.43. The van der Waals surface area contributed by atoms with Crippen molar-refractivity contribution in [1.82, 2.24) is 0 Å². The smallest absolute Gasteiger partial charge is 0.329 e. The molecule has 0 amide bonds. The Morgan fingerprint density at radius 3 is 1.43 bits per heavy atom. The van der Waals surface area contributed by atoms with Crippen LogP contribution in [0.4, 0.5) is 0 Å². The minimum atomic E-state index is -0.933. The number of ether oxygens (including phenoxy) is 1. The molecule has 0 bridgehead atoms. The first kappa shape index (κ1) is 15.1. The lowest BCUT2D eigenvalue weighted by atomic mass is 10.4. The Bertz CT molecular complexity index is 170. The summed E-state index contributed by atoms with van der Waals surface area (Å²) < 4.78 is 4.20. The third kappa shape index (κ3) is 16.9. The van der Waals surface area contributed by atoms with Crippen LogP contribution in [0.1, 0.15) is 13.8 Å². The van der Waals surface area contributed by atoms with Gasteiger partial charge in [-0.1, -0.05) is 50.2 Å². The monoisotopic (exact) mass is 198 g/mol. The second-order valence-corrected chi connectivity index (χ2v) is 1.98. The molecule has 14 heavy (non-hydrogen) atoms. The molecule has 1 aromatic rings. The summed E-state index contributed by atoms with van der Waals surface area (Å²) in [4.78, 5) is 9.47. The summed E-state index contributed by atoms with van der Waals surface area (Å²) in [7, 11) is 1.34. The van der Waals surface area contributed by atoms with Gasteiger partial charge in [-0.2, -0.15) is 0 Å². The van der Waals surface area contributed by atoms with E-state index in [-0.39, 0.29) is 6.61 Å². The van der Waals surface area contributed by atoms with Gasteiger partial charge < -0.3 is 9.84 Å². The van der Waals surface area contributed by atoms with Gasteiger partial charge in [0, 0.05) is 7.11 Å². The van der Waals surface area contributed by atoms with Crippen molar-refractivity contribution in [3.63, 3.8) is 0 Å². The van der Waals surface area contributed by atoms with Crippen LogP contribution < -0.4 is 0 Å². The largest absolute Gasteiger partial charge is 0.480 e. The van der Waals surface area contributed by atoms with Gasteiger partial charge in [-0.15, -0.1) is 0 Å². The summed E-state index contributed by atoms with van der Waals surface area (Å²) >= 11 is 0. The van der Waals surface area contributed by atoms with E-state index < -0.39 is 5.97 Å². The van der Waals surface area contributed by atoms with Gasteiger partial charge in [0.15, 0.2) is 0 Å². The van der Waals surface area contributed by atoms with Crippen LogP contribution in [0, 0.1) is 0 Å². The van der Waals surface area contributed by atoms with E-state index in [4.69, 9.17) is 5.11 Å². The number of methoxy groups -OCH3 is 1. The Morgan fingerprint density at radius 1 is 1.07 bits per heavy atom. The average Bonchev–Trinajstić information content (AvgIpc) is 2.24. The highest BCUT2D eigenvalue weighted by Crippen LogP contribution is 1.79. The highest BCUT2D eigenvalue weighted by Gasteiger charge is 1.87. The summed E-state index contributed by atoms with van der Waals surface area (Å²) in [6.45, 7) is 3.79. The zero-order valence-electron chi connectivity index (χ0n) is 8.93. The molecule has 0 fully saturated rings. The Morgan fingerprint density at radius 2 is 1.36 bits per heavy atom. The molecule has 1 aromatic carbocycles. The number of aliphatic carboxylic acids is 1. The average molecular weight is 198 g/mol. The van der Waals surface area contributed by atoms with Crippen LogP contribution in [0.5, 0.6) is 0 Å². The molecule has 0 spiro atoms. The van der Waals surface area contributed by atoms with Crippen LogP contribution in [-0.2, 0) is 9.53 Å². The minimum Gasteiger partial charge on any atom is -0.480 e. The second-order valence-electron chi connectivity index (χ2n) is 1.98. The molecule has 0 atom stereocenters.